The third kappa shape index (κ3) is 4.33. The number of allylic oxidation sites excluding steroid dienone is 4. The minimum absolute atomic E-state index is 0.902. The zero-order chi connectivity index (χ0) is 20.1. The average Bonchev–Trinajstić information content (AvgIpc) is 2.72. The summed E-state index contributed by atoms with van der Waals surface area (Å²) in [6.45, 7) is 8.53. The molecule has 0 aliphatic heterocycles. The Morgan fingerprint density at radius 2 is 1.54 bits per heavy atom. The van der Waals surface area contributed by atoms with E-state index in [2.05, 4.69) is 112 Å². The van der Waals surface area contributed by atoms with Crippen molar-refractivity contribution in [1.82, 2.24) is 0 Å². The maximum absolute atomic E-state index is 5.89. The minimum atomic E-state index is 0.902. The molecule has 0 bridgehead atoms. The summed E-state index contributed by atoms with van der Waals surface area (Å²) >= 11 is 0. The lowest BCUT2D eigenvalue weighted by atomic mass is 9.94. The molecule has 0 unspecified atom stereocenters. The highest BCUT2D eigenvalue weighted by molar-refractivity contribution is 5.84. The van der Waals surface area contributed by atoms with Crippen LogP contribution in [0.4, 0.5) is 0 Å². The average molecular weight is 363 g/mol. The number of terminal acetylenes is 1. The van der Waals surface area contributed by atoms with Gasteiger partial charge in [-0.1, -0.05) is 78.2 Å². The second-order valence-electron chi connectivity index (χ2n) is 7.27. The van der Waals surface area contributed by atoms with Gasteiger partial charge in [0.15, 0.2) is 0 Å². The van der Waals surface area contributed by atoms with Gasteiger partial charge in [0.05, 0.1) is 0 Å². The quantitative estimate of drug-likeness (QED) is 0.333. The molecular formula is C28H26. The molecule has 0 aliphatic carbocycles. The van der Waals surface area contributed by atoms with Gasteiger partial charge in [-0.25, -0.2) is 0 Å². The van der Waals surface area contributed by atoms with Gasteiger partial charge in [0, 0.05) is 5.57 Å². The summed E-state index contributed by atoms with van der Waals surface area (Å²) in [6.07, 6.45) is 8.01. The summed E-state index contributed by atoms with van der Waals surface area (Å²) in [7, 11) is 0. The van der Waals surface area contributed by atoms with Crippen molar-refractivity contribution in [3.8, 4) is 23.5 Å². The lowest BCUT2D eigenvalue weighted by Gasteiger charge is -2.10. The fourth-order valence-corrected chi connectivity index (χ4v) is 3.35. The van der Waals surface area contributed by atoms with Crippen molar-refractivity contribution in [3.05, 3.63) is 107 Å². The Morgan fingerprint density at radius 1 is 0.821 bits per heavy atom. The topological polar surface area (TPSA) is 0 Å². The lowest BCUT2D eigenvalue weighted by Crippen LogP contribution is -1.89. The van der Waals surface area contributed by atoms with Crippen molar-refractivity contribution in [2.24, 2.45) is 0 Å². The van der Waals surface area contributed by atoms with Crippen LogP contribution in [0.1, 0.15) is 36.1 Å². The predicted molar refractivity (Wildman–Crippen MR) is 123 cm³/mol. The first kappa shape index (κ1) is 19.5. The minimum Gasteiger partial charge on any atom is -0.115 e. The van der Waals surface area contributed by atoms with Crippen molar-refractivity contribution in [3.63, 3.8) is 0 Å². The van der Waals surface area contributed by atoms with Crippen molar-refractivity contribution in [2.45, 2.75) is 27.7 Å². The predicted octanol–water partition coefficient (Wildman–Crippen LogP) is 7.48. The number of aryl methyl sites for hydroxylation is 2. The number of hydrogen-bond acceptors (Lipinski definition) is 0. The van der Waals surface area contributed by atoms with E-state index >= 15 is 0 Å². The largest absolute Gasteiger partial charge is 0.115 e. The van der Waals surface area contributed by atoms with E-state index in [4.69, 9.17) is 6.42 Å². The summed E-state index contributed by atoms with van der Waals surface area (Å²) < 4.78 is 0. The highest BCUT2D eigenvalue weighted by atomic mass is 14.1. The number of rotatable bonds is 4. The second-order valence-corrected chi connectivity index (χ2v) is 7.27. The fourth-order valence-electron chi connectivity index (χ4n) is 3.35. The molecule has 0 saturated heterocycles. The Hall–Kier alpha value is -3.30. The van der Waals surface area contributed by atoms with Gasteiger partial charge in [-0.15, -0.1) is 6.42 Å². The van der Waals surface area contributed by atoms with Crippen molar-refractivity contribution < 1.29 is 0 Å². The standard InChI is InChI=1S/C28H26/c1-6-24(18-22(4)23(5)28-13-8-7-10-21(28)3)26-11-9-12-27(19-26)25-16-14-20(2)15-17-25/h1,7-19H,2-5H3/b23-22+,24-18+. The molecule has 28 heavy (non-hydrogen) atoms. The van der Waals surface area contributed by atoms with E-state index in [0.717, 1.165) is 11.1 Å². The molecule has 0 radical (unpaired) electrons. The Morgan fingerprint density at radius 3 is 2.21 bits per heavy atom. The first-order valence-electron chi connectivity index (χ1n) is 9.59. The highest BCUT2D eigenvalue weighted by Crippen LogP contribution is 2.27. The molecule has 0 aliphatic rings. The lowest BCUT2D eigenvalue weighted by molar-refractivity contribution is 1.38. The van der Waals surface area contributed by atoms with Gasteiger partial charge in [-0.2, -0.15) is 0 Å². The van der Waals surface area contributed by atoms with Crippen molar-refractivity contribution in [1.29, 1.82) is 0 Å². The molecule has 0 nitrogen and oxygen atoms in total. The van der Waals surface area contributed by atoms with Gasteiger partial charge in [0.25, 0.3) is 0 Å². The van der Waals surface area contributed by atoms with Crippen LogP contribution >= 0.6 is 0 Å². The first-order chi connectivity index (χ1) is 13.5. The van der Waals surface area contributed by atoms with Crippen LogP contribution in [-0.2, 0) is 0 Å². The molecule has 0 atom stereocenters. The summed E-state index contributed by atoms with van der Waals surface area (Å²) in [5.41, 5.74) is 10.6. The van der Waals surface area contributed by atoms with Gasteiger partial charge in [0.1, 0.15) is 0 Å². The monoisotopic (exact) mass is 362 g/mol. The molecule has 0 fully saturated rings. The summed E-state index contributed by atoms with van der Waals surface area (Å²) in [5, 5.41) is 0. The highest BCUT2D eigenvalue weighted by Gasteiger charge is 2.06. The smallest absolute Gasteiger partial charge is 0.0317 e. The zero-order valence-corrected chi connectivity index (χ0v) is 17.1. The van der Waals surface area contributed by atoms with E-state index in [1.807, 2.05) is 0 Å². The maximum atomic E-state index is 5.89. The first-order valence-corrected chi connectivity index (χ1v) is 9.59. The third-order valence-corrected chi connectivity index (χ3v) is 5.22. The van der Waals surface area contributed by atoms with Crippen LogP contribution in [0.15, 0.2) is 84.4 Å². The molecule has 0 amide bonds. The summed E-state index contributed by atoms with van der Waals surface area (Å²) in [4.78, 5) is 0. The Labute approximate surface area is 169 Å². The van der Waals surface area contributed by atoms with Crippen LogP contribution in [0, 0.1) is 26.2 Å². The molecule has 0 aromatic heterocycles. The molecule has 0 saturated carbocycles. The van der Waals surface area contributed by atoms with E-state index in [9.17, 15) is 0 Å². The zero-order valence-electron chi connectivity index (χ0n) is 17.1. The molecule has 0 N–H and O–H groups in total. The van der Waals surface area contributed by atoms with E-state index in [1.54, 1.807) is 0 Å². The van der Waals surface area contributed by atoms with Gasteiger partial charge in [-0.3, -0.25) is 0 Å². The van der Waals surface area contributed by atoms with E-state index in [-0.39, 0.29) is 0 Å². The fraction of sp³-hybridized carbons (Fsp3) is 0.143. The van der Waals surface area contributed by atoms with Crippen molar-refractivity contribution in [2.75, 3.05) is 0 Å². The van der Waals surface area contributed by atoms with Crippen LogP contribution in [0.25, 0.3) is 22.3 Å². The maximum Gasteiger partial charge on any atom is 0.0317 e. The van der Waals surface area contributed by atoms with Crippen LogP contribution in [0.3, 0.4) is 0 Å². The summed E-state index contributed by atoms with van der Waals surface area (Å²) in [6, 6.07) is 25.5. The number of benzene rings is 3. The van der Waals surface area contributed by atoms with Gasteiger partial charge < -0.3 is 0 Å². The third-order valence-electron chi connectivity index (χ3n) is 5.22. The Balaban J connectivity index is 2.01. The molecule has 0 heteroatoms. The molecular weight excluding hydrogens is 336 g/mol. The Kier molecular flexibility index (Phi) is 5.97. The van der Waals surface area contributed by atoms with Crippen LogP contribution in [-0.4, -0.2) is 0 Å². The molecule has 138 valence electrons. The van der Waals surface area contributed by atoms with E-state index < -0.39 is 0 Å². The van der Waals surface area contributed by atoms with Crippen molar-refractivity contribution >= 4 is 11.1 Å². The SMILES string of the molecule is C#C/C(=C\C(C)=C(/C)c1ccccc1C)c1cccc(-c2ccc(C)cc2)c1. The van der Waals surface area contributed by atoms with E-state index in [0.29, 0.717) is 0 Å². The molecule has 0 spiro atoms. The van der Waals surface area contributed by atoms with Crippen LogP contribution < -0.4 is 0 Å². The van der Waals surface area contributed by atoms with Crippen LogP contribution in [0.5, 0.6) is 0 Å². The van der Waals surface area contributed by atoms with Gasteiger partial charge >= 0.3 is 0 Å². The molecule has 0 heterocycles. The normalized spacial score (nSPS) is 12.3. The molecule has 3 rings (SSSR count). The van der Waals surface area contributed by atoms with Crippen LogP contribution in [0.2, 0.25) is 0 Å². The Bertz CT molecular complexity index is 1080. The van der Waals surface area contributed by atoms with E-state index in [1.165, 1.54) is 39.0 Å². The second kappa shape index (κ2) is 8.59. The van der Waals surface area contributed by atoms with Gasteiger partial charge in [-0.05, 0) is 78.8 Å². The number of hydrogen-bond donors (Lipinski definition) is 0. The molecule has 3 aromatic rings. The summed E-state index contributed by atoms with van der Waals surface area (Å²) in [5.74, 6) is 2.88. The van der Waals surface area contributed by atoms with Gasteiger partial charge in [0.2, 0.25) is 0 Å². The molecule has 3 aromatic carbocycles.